The largest absolute Gasteiger partial charge is 0.490 e. The maximum Gasteiger partial charge on any atom is 0.490 e. The number of amides is 1. The Hall–Kier alpha value is -3.37. The van der Waals surface area contributed by atoms with Crippen molar-refractivity contribution in [2.75, 3.05) is 40.3 Å². The third kappa shape index (κ3) is 10.7. The summed E-state index contributed by atoms with van der Waals surface area (Å²) >= 11 is 5.84. The number of alkyl halides is 6. The first-order chi connectivity index (χ1) is 19.8. The first-order valence-electron chi connectivity index (χ1n) is 12.6. The zero-order chi connectivity index (χ0) is 32.6. The molecule has 1 heterocycles. The topological polar surface area (TPSA) is 119 Å². The number of sulfonamides is 1. The number of carboxylic acid groups (broad SMARTS) is 1. The van der Waals surface area contributed by atoms with Crippen LogP contribution in [0, 0.1) is 0 Å². The van der Waals surface area contributed by atoms with Gasteiger partial charge in [-0.05, 0) is 36.6 Å². The molecule has 0 saturated heterocycles. The van der Waals surface area contributed by atoms with Crippen molar-refractivity contribution in [1.82, 2.24) is 14.5 Å². The van der Waals surface area contributed by atoms with E-state index in [1.54, 1.807) is 11.9 Å². The van der Waals surface area contributed by atoms with Crippen LogP contribution in [-0.2, 0) is 32.2 Å². The Kier molecular flexibility index (Phi) is 12.4. The molecule has 238 valence electrons. The van der Waals surface area contributed by atoms with Crippen LogP contribution in [0.15, 0.2) is 52.4 Å². The molecule has 0 fully saturated rings. The maximum atomic E-state index is 12.8. The van der Waals surface area contributed by atoms with Crippen LogP contribution in [0.25, 0.3) is 0 Å². The van der Waals surface area contributed by atoms with Gasteiger partial charge < -0.3 is 15.3 Å². The molecule has 2 N–H and O–H groups in total. The monoisotopic (exact) mass is 658 g/mol. The van der Waals surface area contributed by atoms with Crippen LogP contribution >= 0.6 is 11.6 Å². The SMILES string of the molecule is CN(CCc1ccc(C2=NCCN2)cc1)C(=O)CCCN(C)S(=O)(=O)c1ccc(C(F)(F)F)cc1Cl.O=C(O)C(F)(F)F. The van der Waals surface area contributed by atoms with Gasteiger partial charge in [-0.3, -0.25) is 9.79 Å². The fraction of sp³-hybridized carbons (Fsp3) is 0.423. The van der Waals surface area contributed by atoms with Gasteiger partial charge in [0, 0.05) is 45.7 Å². The number of nitrogens with zero attached hydrogens (tertiary/aromatic N) is 3. The number of benzene rings is 2. The first kappa shape index (κ1) is 35.8. The molecule has 17 heteroatoms. The second kappa shape index (κ2) is 14.9. The van der Waals surface area contributed by atoms with Crippen LogP contribution in [-0.4, -0.2) is 86.9 Å². The molecule has 0 unspecified atom stereocenters. The van der Waals surface area contributed by atoms with E-state index in [-0.39, 0.29) is 25.3 Å². The number of carboxylic acids is 1. The lowest BCUT2D eigenvalue weighted by Gasteiger charge is -2.20. The van der Waals surface area contributed by atoms with Gasteiger partial charge >= 0.3 is 18.3 Å². The molecule has 1 aliphatic rings. The standard InChI is InChI=1S/C24H28ClF3N4O3S.C2HF3O2/c1-31(15-11-17-5-7-18(8-6-17)23-29-12-13-30-23)22(33)4-3-14-32(2)36(34,35)21-10-9-19(16-20(21)25)24(26,27)28;3-2(4,5)1(6)7/h5-10,16H,3-4,11-15H2,1-2H3,(H,29,30);(H,6,7). The predicted octanol–water partition coefficient (Wildman–Crippen LogP) is 4.44. The Labute approximate surface area is 249 Å². The number of nitrogens with one attached hydrogen (secondary N) is 1. The number of hydrogen-bond acceptors (Lipinski definition) is 6. The molecule has 0 aromatic heterocycles. The fourth-order valence-electron chi connectivity index (χ4n) is 3.66. The first-order valence-corrected chi connectivity index (χ1v) is 14.4. The molecule has 0 atom stereocenters. The van der Waals surface area contributed by atoms with Crippen LogP contribution in [0.3, 0.4) is 0 Å². The number of aliphatic carboxylic acids is 1. The van der Waals surface area contributed by atoms with Crippen molar-refractivity contribution >= 4 is 39.3 Å². The van der Waals surface area contributed by atoms with Crippen molar-refractivity contribution in [2.24, 2.45) is 4.99 Å². The Bertz CT molecular complexity index is 1420. The van der Waals surface area contributed by atoms with Gasteiger partial charge in [-0.1, -0.05) is 35.9 Å². The molecule has 0 bridgehead atoms. The van der Waals surface area contributed by atoms with Crippen LogP contribution in [0.4, 0.5) is 26.3 Å². The molecule has 43 heavy (non-hydrogen) atoms. The van der Waals surface area contributed by atoms with E-state index in [2.05, 4.69) is 10.3 Å². The molecule has 1 amide bonds. The summed E-state index contributed by atoms with van der Waals surface area (Å²) in [6, 6.07) is 10.1. The number of hydrogen-bond donors (Lipinski definition) is 2. The summed E-state index contributed by atoms with van der Waals surface area (Å²) in [5, 5.41) is 9.84. The van der Waals surface area contributed by atoms with E-state index in [1.807, 2.05) is 24.3 Å². The summed E-state index contributed by atoms with van der Waals surface area (Å²) in [6.45, 7) is 2.13. The summed E-state index contributed by atoms with van der Waals surface area (Å²) in [5.41, 5.74) is 1.08. The lowest BCUT2D eigenvalue weighted by atomic mass is 10.1. The van der Waals surface area contributed by atoms with Gasteiger partial charge in [0.05, 0.1) is 17.1 Å². The lowest BCUT2D eigenvalue weighted by Crippen LogP contribution is -2.31. The van der Waals surface area contributed by atoms with Gasteiger partial charge in [-0.25, -0.2) is 17.5 Å². The highest BCUT2D eigenvalue weighted by Crippen LogP contribution is 2.34. The Morgan fingerprint density at radius 2 is 1.63 bits per heavy atom. The highest BCUT2D eigenvalue weighted by atomic mass is 35.5. The lowest BCUT2D eigenvalue weighted by molar-refractivity contribution is -0.192. The van der Waals surface area contributed by atoms with E-state index in [0.29, 0.717) is 25.1 Å². The number of halogens is 7. The molecule has 2 aromatic rings. The van der Waals surface area contributed by atoms with E-state index < -0.39 is 43.8 Å². The minimum atomic E-state index is -5.08. The molecule has 1 aliphatic heterocycles. The fourth-order valence-corrected chi connectivity index (χ4v) is 5.38. The van der Waals surface area contributed by atoms with E-state index in [4.69, 9.17) is 21.5 Å². The van der Waals surface area contributed by atoms with Crippen molar-refractivity contribution in [1.29, 1.82) is 0 Å². The van der Waals surface area contributed by atoms with Crippen LogP contribution in [0.5, 0.6) is 0 Å². The molecular formula is C26H29ClF6N4O5S. The van der Waals surface area contributed by atoms with Crippen molar-refractivity contribution in [3.63, 3.8) is 0 Å². The number of amidine groups is 1. The smallest absolute Gasteiger partial charge is 0.475 e. The summed E-state index contributed by atoms with van der Waals surface area (Å²) < 4.78 is 96.7. The van der Waals surface area contributed by atoms with E-state index >= 15 is 0 Å². The van der Waals surface area contributed by atoms with Gasteiger partial charge in [0.15, 0.2) is 0 Å². The maximum absolute atomic E-state index is 12.8. The van der Waals surface area contributed by atoms with Crippen LogP contribution in [0.2, 0.25) is 5.02 Å². The number of carbonyl (C=O) groups excluding carboxylic acids is 1. The molecule has 9 nitrogen and oxygen atoms in total. The van der Waals surface area contributed by atoms with Crippen molar-refractivity contribution < 1.29 is 49.5 Å². The highest BCUT2D eigenvalue weighted by Gasteiger charge is 2.38. The van der Waals surface area contributed by atoms with Gasteiger partial charge in [-0.2, -0.15) is 26.3 Å². The highest BCUT2D eigenvalue weighted by molar-refractivity contribution is 7.89. The minimum Gasteiger partial charge on any atom is -0.475 e. The molecule has 0 radical (unpaired) electrons. The van der Waals surface area contributed by atoms with Crippen molar-refractivity contribution in [3.8, 4) is 0 Å². The predicted molar refractivity (Wildman–Crippen MR) is 146 cm³/mol. The van der Waals surface area contributed by atoms with Gasteiger partial charge in [0.25, 0.3) is 0 Å². The molecule has 2 aromatic carbocycles. The second-order valence-electron chi connectivity index (χ2n) is 9.30. The normalized spacial score (nSPS) is 13.6. The average Bonchev–Trinajstić information content (AvgIpc) is 3.46. The summed E-state index contributed by atoms with van der Waals surface area (Å²) in [7, 11) is -1.12. The molecule has 0 spiro atoms. The summed E-state index contributed by atoms with van der Waals surface area (Å²) in [6.07, 6.45) is -8.67. The number of likely N-dealkylation sites (N-methyl/N-ethyl adjacent to an activating group) is 1. The molecule has 0 saturated carbocycles. The number of aliphatic imine (C=N–C) groups is 1. The zero-order valence-electron chi connectivity index (χ0n) is 23.0. The second-order valence-corrected chi connectivity index (χ2v) is 11.7. The van der Waals surface area contributed by atoms with Gasteiger partial charge in [0.1, 0.15) is 10.7 Å². The Morgan fingerprint density at radius 3 is 2.12 bits per heavy atom. The third-order valence-corrected chi connectivity index (χ3v) is 8.46. The van der Waals surface area contributed by atoms with Crippen LogP contribution in [0.1, 0.15) is 29.5 Å². The van der Waals surface area contributed by atoms with Gasteiger partial charge in [0.2, 0.25) is 15.9 Å². The number of carbonyl (C=O) groups is 2. The van der Waals surface area contributed by atoms with Crippen molar-refractivity contribution in [2.45, 2.75) is 36.5 Å². The van der Waals surface area contributed by atoms with E-state index in [1.165, 1.54) is 7.05 Å². The van der Waals surface area contributed by atoms with E-state index in [9.17, 15) is 39.6 Å². The Morgan fingerprint density at radius 1 is 1.02 bits per heavy atom. The van der Waals surface area contributed by atoms with E-state index in [0.717, 1.165) is 40.4 Å². The zero-order valence-corrected chi connectivity index (χ0v) is 24.5. The minimum absolute atomic E-state index is 0.0125. The number of rotatable bonds is 10. The van der Waals surface area contributed by atoms with Crippen LogP contribution < -0.4 is 5.32 Å². The summed E-state index contributed by atoms with van der Waals surface area (Å²) in [5.74, 6) is -2.00. The third-order valence-electron chi connectivity index (χ3n) is 6.12. The quantitative estimate of drug-likeness (QED) is 0.365. The Balaban J connectivity index is 0.000000821. The molecular weight excluding hydrogens is 630 g/mol. The average molecular weight is 659 g/mol. The van der Waals surface area contributed by atoms with Crippen molar-refractivity contribution in [3.05, 3.63) is 64.2 Å². The molecule has 0 aliphatic carbocycles. The van der Waals surface area contributed by atoms with Gasteiger partial charge in [-0.15, -0.1) is 0 Å². The summed E-state index contributed by atoms with van der Waals surface area (Å²) in [4.78, 5) is 27.0. The molecule has 3 rings (SSSR count).